The maximum absolute atomic E-state index is 11.6. The Kier molecular flexibility index (Phi) is 4.36. The van der Waals surface area contributed by atoms with Crippen molar-refractivity contribution in [3.8, 4) is 17.0 Å². The van der Waals surface area contributed by atoms with Crippen molar-refractivity contribution in [1.82, 2.24) is 4.98 Å². The molecule has 2 aromatic rings. The Bertz CT molecular complexity index is 605. The minimum atomic E-state index is -0.552. The highest BCUT2D eigenvalue weighted by Crippen LogP contribution is 2.31. The van der Waals surface area contributed by atoms with Gasteiger partial charge >= 0.3 is 0 Å². The van der Waals surface area contributed by atoms with Crippen molar-refractivity contribution < 1.29 is 9.53 Å². The molecule has 0 aliphatic carbocycles. The van der Waals surface area contributed by atoms with Crippen LogP contribution in [-0.2, 0) is 4.79 Å². The predicted molar refractivity (Wildman–Crippen MR) is 81.1 cm³/mol. The number of thiazole rings is 1. The van der Waals surface area contributed by atoms with Crippen LogP contribution >= 0.6 is 11.3 Å². The van der Waals surface area contributed by atoms with Crippen molar-refractivity contribution >= 4 is 22.4 Å². The molecule has 1 aromatic heterocycles. The van der Waals surface area contributed by atoms with Crippen LogP contribution in [0.3, 0.4) is 0 Å². The summed E-state index contributed by atoms with van der Waals surface area (Å²) < 4.78 is 5.13. The molecule has 3 N–H and O–H groups in total. The number of hydrogen-bond donors (Lipinski definition) is 2. The Morgan fingerprint density at radius 1 is 1.40 bits per heavy atom. The molecule has 6 heteroatoms. The number of carbonyl (C=O) groups is 1. The summed E-state index contributed by atoms with van der Waals surface area (Å²) >= 11 is 1.44. The van der Waals surface area contributed by atoms with E-state index in [-0.39, 0.29) is 5.91 Å². The third kappa shape index (κ3) is 3.15. The first-order chi connectivity index (χ1) is 9.51. The van der Waals surface area contributed by atoms with E-state index >= 15 is 0 Å². The summed E-state index contributed by atoms with van der Waals surface area (Å²) in [7, 11) is 1.63. The lowest BCUT2D eigenvalue weighted by Crippen LogP contribution is -2.32. The fourth-order valence-corrected chi connectivity index (χ4v) is 2.52. The average molecular weight is 291 g/mol. The van der Waals surface area contributed by atoms with Gasteiger partial charge in [0.15, 0.2) is 5.13 Å². The van der Waals surface area contributed by atoms with Crippen molar-refractivity contribution in [2.75, 3.05) is 12.4 Å². The maximum atomic E-state index is 11.6. The van der Waals surface area contributed by atoms with Crippen LogP contribution in [0.15, 0.2) is 24.3 Å². The standard InChI is InChI=1S/C14H17N3O2S/c1-8(15)13(18)17-14-16-12(9(2)20-14)10-4-6-11(19-3)7-5-10/h4-8H,15H2,1-3H3,(H,16,17,18)/t8-/m0/s1. The van der Waals surface area contributed by atoms with E-state index in [1.807, 2.05) is 31.2 Å². The molecule has 5 nitrogen and oxygen atoms in total. The van der Waals surface area contributed by atoms with E-state index in [1.54, 1.807) is 14.0 Å². The minimum absolute atomic E-state index is 0.236. The highest BCUT2D eigenvalue weighted by molar-refractivity contribution is 7.16. The molecule has 0 saturated heterocycles. The Morgan fingerprint density at radius 2 is 2.05 bits per heavy atom. The van der Waals surface area contributed by atoms with Gasteiger partial charge in [-0.15, -0.1) is 11.3 Å². The second-order valence-corrected chi connectivity index (χ2v) is 5.63. The third-order valence-corrected chi connectivity index (χ3v) is 3.69. The Labute approximate surface area is 121 Å². The minimum Gasteiger partial charge on any atom is -0.497 e. The van der Waals surface area contributed by atoms with E-state index in [0.29, 0.717) is 5.13 Å². The summed E-state index contributed by atoms with van der Waals surface area (Å²) in [5, 5.41) is 3.28. The smallest absolute Gasteiger partial charge is 0.242 e. The summed E-state index contributed by atoms with van der Waals surface area (Å²) in [6.07, 6.45) is 0. The van der Waals surface area contributed by atoms with Crippen molar-refractivity contribution in [3.63, 3.8) is 0 Å². The normalized spacial score (nSPS) is 12.0. The van der Waals surface area contributed by atoms with Gasteiger partial charge in [0.1, 0.15) is 5.75 Å². The molecule has 0 fully saturated rings. The molecule has 1 amide bonds. The van der Waals surface area contributed by atoms with Gasteiger partial charge in [-0.25, -0.2) is 4.98 Å². The van der Waals surface area contributed by atoms with Gasteiger partial charge in [0.05, 0.1) is 18.8 Å². The highest BCUT2D eigenvalue weighted by atomic mass is 32.1. The Balaban J connectivity index is 2.24. The largest absolute Gasteiger partial charge is 0.497 e. The van der Waals surface area contributed by atoms with Gasteiger partial charge in [0.25, 0.3) is 0 Å². The van der Waals surface area contributed by atoms with Gasteiger partial charge in [-0.2, -0.15) is 0 Å². The number of anilines is 1. The van der Waals surface area contributed by atoms with Gasteiger partial charge < -0.3 is 15.8 Å². The van der Waals surface area contributed by atoms with Crippen LogP contribution in [0.1, 0.15) is 11.8 Å². The topological polar surface area (TPSA) is 77.2 Å². The Hall–Kier alpha value is -1.92. The van der Waals surface area contributed by atoms with Crippen LogP contribution in [0.5, 0.6) is 5.75 Å². The predicted octanol–water partition coefficient (Wildman–Crippen LogP) is 2.41. The number of rotatable bonds is 4. The molecule has 0 radical (unpaired) electrons. The van der Waals surface area contributed by atoms with E-state index in [1.165, 1.54) is 11.3 Å². The van der Waals surface area contributed by atoms with Gasteiger partial charge in [0.2, 0.25) is 5.91 Å². The summed E-state index contributed by atoms with van der Waals surface area (Å²) in [5.74, 6) is 0.562. The number of aromatic nitrogens is 1. The molecule has 0 saturated carbocycles. The molecule has 1 atom stereocenters. The second-order valence-electron chi connectivity index (χ2n) is 4.43. The fraction of sp³-hybridized carbons (Fsp3) is 0.286. The lowest BCUT2D eigenvalue weighted by molar-refractivity contribution is -0.117. The monoisotopic (exact) mass is 291 g/mol. The molecule has 0 aliphatic heterocycles. The Morgan fingerprint density at radius 3 is 2.60 bits per heavy atom. The summed E-state index contributed by atoms with van der Waals surface area (Å²) in [5.41, 5.74) is 7.37. The molecule has 106 valence electrons. The molecular formula is C14H17N3O2S. The highest BCUT2D eigenvalue weighted by Gasteiger charge is 2.14. The van der Waals surface area contributed by atoms with E-state index in [9.17, 15) is 4.79 Å². The first-order valence-corrected chi connectivity index (χ1v) is 7.01. The molecule has 1 aromatic carbocycles. The number of nitrogens with two attached hydrogens (primary N) is 1. The van der Waals surface area contributed by atoms with Gasteiger partial charge in [-0.3, -0.25) is 4.79 Å². The number of hydrogen-bond acceptors (Lipinski definition) is 5. The van der Waals surface area contributed by atoms with Gasteiger partial charge in [0, 0.05) is 10.4 Å². The lowest BCUT2D eigenvalue weighted by Gasteiger charge is -2.03. The zero-order valence-corrected chi connectivity index (χ0v) is 12.5. The van der Waals surface area contributed by atoms with Crippen molar-refractivity contribution in [3.05, 3.63) is 29.1 Å². The first-order valence-electron chi connectivity index (χ1n) is 6.19. The maximum Gasteiger partial charge on any atom is 0.242 e. The van der Waals surface area contributed by atoms with E-state index < -0.39 is 6.04 Å². The van der Waals surface area contributed by atoms with Crippen LogP contribution < -0.4 is 15.8 Å². The molecule has 0 spiro atoms. The number of amides is 1. The number of nitrogens with one attached hydrogen (secondary N) is 1. The van der Waals surface area contributed by atoms with Crippen molar-refractivity contribution in [2.45, 2.75) is 19.9 Å². The summed E-state index contributed by atoms with van der Waals surface area (Å²) in [6.45, 7) is 3.61. The number of carbonyl (C=O) groups excluding carboxylic acids is 1. The van der Waals surface area contributed by atoms with Crippen molar-refractivity contribution in [1.29, 1.82) is 0 Å². The first kappa shape index (κ1) is 14.5. The van der Waals surface area contributed by atoms with E-state index in [2.05, 4.69) is 10.3 Å². The molecule has 0 unspecified atom stereocenters. The van der Waals surface area contributed by atoms with Gasteiger partial charge in [-0.1, -0.05) is 0 Å². The third-order valence-electron chi connectivity index (χ3n) is 2.80. The van der Waals surface area contributed by atoms with Crippen LogP contribution in [0.2, 0.25) is 0 Å². The number of ether oxygens (including phenoxy) is 1. The quantitative estimate of drug-likeness (QED) is 0.907. The molecule has 0 aliphatic rings. The molecule has 2 rings (SSSR count). The average Bonchev–Trinajstić information content (AvgIpc) is 2.79. The van der Waals surface area contributed by atoms with Gasteiger partial charge in [-0.05, 0) is 38.1 Å². The number of nitrogens with zero attached hydrogens (tertiary/aromatic N) is 1. The molecule has 0 bridgehead atoms. The van der Waals surface area contributed by atoms with Crippen LogP contribution in [0.25, 0.3) is 11.3 Å². The fourth-order valence-electron chi connectivity index (χ4n) is 1.69. The lowest BCUT2D eigenvalue weighted by atomic mass is 10.1. The molecule has 20 heavy (non-hydrogen) atoms. The summed E-state index contributed by atoms with van der Waals surface area (Å²) in [4.78, 5) is 17.1. The zero-order chi connectivity index (χ0) is 14.7. The second kappa shape index (κ2) is 6.02. The number of aryl methyl sites for hydroxylation is 1. The van der Waals surface area contributed by atoms with Crippen molar-refractivity contribution in [2.24, 2.45) is 5.73 Å². The van der Waals surface area contributed by atoms with Crippen LogP contribution in [-0.4, -0.2) is 24.0 Å². The van der Waals surface area contributed by atoms with E-state index in [0.717, 1.165) is 21.9 Å². The van der Waals surface area contributed by atoms with Crippen LogP contribution in [0, 0.1) is 6.92 Å². The van der Waals surface area contributed by atoms with E-state index in [4.69, 9.17) is 10.5 Å². The van der Waals surface area contributed by atoms with Crippen LogP contribution in [0.4, 0.5) is 5.13 Å². The SMILES string of the molecule is COc1ccc(-c2nc(NC(=O)[C@H](C)N)sc2C)cc1. The zero-order valence-electron chi connectivity index (χ0n) is 11.6. The molecule has 1 heterocycles. The summed E-state index contributed by atoms with van der Waals surface area (Å²) in [6, 6.07) is 7.10. The number of benzene rings is 1. The molecular weight excluding hydrogens is 274 g/mol. The number of methoxy groups -OCH3 is 1.